The van der Waals surface area contributed by atoms with Gasteiger partial charge in [-0.2, -0.15) is 0 Å². The van der Waals surface area contributed by atoms with Crippen LogP contribution in [0.5, 0.6) is 0 Å². The van der Waals surface area contributed by atoms with Crippen molar-refractivity contribution in [2.24, 2.45) is 5.92 Å². The van der Waals surface area contributed by atoms with Crippen LogP contribution in [-0.2, 0) is 25.6 Å². The second kappa shape index (κ2) is 16.8. The van der Waals surface area contributed by atoms with Crippen molar-refractivity contribution in [2.45, 2.75) is 140 Å². The smallest absolute Gasteiger partial charge is 0.408 e. The highest BCUT2D eigenvalue weighted by Gasteiger charge is 2.48. The van der Waals surface area contributed by atoms with Gasteiger partial charge in [-0.05, 0) is 104 Å². The third kappa shape index (κ3) is 10.3. The molecule has 2 aromatic rings. The Kier molecular flexibility index (Phi) is 12.3. The molecule has 55 heavy (non-hydrogen) atoms. The maximum Gasteiger partial charge on any atom is 0.408 e. The number of halogens is 1. The number of aromatic nitrogens is 3. The number of benzene rings is 1. The van der Waals surface area contributed by atoms with Crippen molar-refractivity contribution in [3.05, 3.63) is 36.3 Å². The zero-order valence-corrected chi connectivity index (χ0v) is 33.0. The van der Waals surface area contributed by atoms with Crippen LogP contribution in [0.3, 0.4) is 0 Å². The van der Waals surface area contributed by atoms with Crippen LogP contribution in [-0.4, -0.2) is 122 Å². The van der Waals surface area contributed by atoms with Crippen molar-refractivity contribution >= 4 is 24.0 Å². The molecular formula is C39H58FN9O6. The van der Waals surface area contributed by atoms with E-state index in [1.165, 1.54) is 12.1 Å². The molecule has 6 rings (SSSR count). The monoisotopic (exact) mass is 767 g/mol. The number of amides is 4. The molecule has 3 unspecified atom stereocenters. The molecule has 4 amide bonds. The molecule has 1 aromatic carbocycles. The highest BCUT2D eigenvalue weighted by molar-refractivity contribution is 5.87. The minimum atomic E-state index is -0.858. The van der Waals surface area contributed by atoms with E-state index in [9.17, 15) is 23.6 Å². The zero-order valence-electron chi connectivity index (χ0n) is 33.0. The van der Waals surface area contributed by atoms with Crippen LogP contribution in [0.1, 0.15) is 86.5 Å². The summed E-state index contributed by atoms with van der Waals surface area (Å²) in [6.45, 7) is 13.9. The number of nitrogens with one attached hydrogen (secondary N) is 4. The largest absolute Gasteiger partial charge is 0.444 e. The molecule has 0 spiro atoms. The first-order valence-electron chi connectivity index (χ1n) is 19.8. The standard InChI is InChI=1S/C39H58FN9O6/c1-38(2,3)54-36(52)43-29(34(50)48-19-16-27-32(48)15-18-41-27)9-7-8-10-30(44-37(53)55-39(4,5)6)35(51)49-20-17-28-33(49)25(21-42-28)22-47-23-31(45-46-47)24-11-13-26(40)14-12-24/h11-14,23,25,27-30,32-33,41-42H,7-10,15-22H2,1-6H3,(H,43,52)(H,44,53)/t25-,27-,28-,29?,30?,32?,33-/m1/s1. The Morgan fingerprint density at radius 2 is 1.42 bits per heavy atom. The van der Waals surface area contributed by atoms with Crippen molar-refractivity contribution < 1.29 is 33.0 Å². The quantitative estimate of drug-likeness (QED) is 0.234. The predicted molar refractivity (Wildman–Crippen MR) is 202 cm³/mol. The maximum absolute atomic E-state index is 14.4. The van der Waals surface area contributed by atoms with Crippen molar-refractivity contribution in [3.63, 3.8) is 0 Å². The van der Waals surface area contributed by atoms with E-state index in [0.29, 0.717) is 57.6 Å². The zero-order chi connectivity index (χ0) is 39.5. The Balaban J connectivity index is 1.12. The van der Waals surface area contributed by atoms with E-state index in [1.54, 1.807) is 58.4 Å². The minimum Gasteiger partial charge on any atom is -0.444 e. The number of unbranched alkanes of at least 4 members (excludes halogenated alkanes) is 1. The highest BCUT2D eigenvalue weighted by Crippen LogP contribution is 2.32. The number of rotatable bonds is 12. The first-order valence-corrected chi connectivity index (χ1v) is 19.8. The molecule has 4 aliphatic heterocycles. The average Bonchev–Trinajstić information content (AvgIpc) is 3.93. The molecular weight excluding hydrogens is 709 g/mol. The lowest BCUT2D eigenvalue weighted by molar-refractivity contribution is -0.136. The van der Waals surface area contributed by atoms with Gasteiger partial charge < -0.3 is 40.5 Å². The summed E-state index contributed by atoms with van der Waals surface area (Å²) in [4.78, 5) is 58.1. The summed E-state index contributed by atoms with van der Waals surface area (Å²) in [7, 11) is 0. The lowest BCUT2D eigenvalue weighted by Gasteiger charge is -2.32. The molecule has 7 atom stereocenters. The predicted octanol–water partition coefficient (Wildman–Crippen LogP) is 3.58. The average molecular weight is 768 g/mol. The molecule has 0 saturated carbocycles. The first-order chi connectivity index (χ1) is 26.0. The third-order valence-electron chi connectivity index (χ3n) is 10.9. The van der Waals surface area contributed by atoms with Crippen LogP contribution in [0, 0.1) is 11.7 Å². The van der Waals surface area contributed by atoms with Gasteiger partial charge in [0.05, 0.1) is 12.2 Å². The fourth-order valence-electron chi connectivity index (χ4n) is 8.51. The van der Waals surface area contributed by atoms with Gasteiger partial charge in [0.1, 0.15) is 34.8 Å². The summed E-state index contributed by atoms with van der Waals surface area (Å²) < 4.78 is 26.3. The van der Waals surface area contributed by atoms with Gasteiger partial charge in [-0.15, -0.1) is 5.10 Å². The van der Waals surface area contributed by atoms with Crippen molar-refractivity contribution in [1.29, 1.82) is 0 Å². The maximum atomic E-state index is 14.4. The van der Waals surface area contributed by atoms with E-state index in [-0.39, 0.29) is 47.7 Å². The lowest BCUT2D eigenvalue weighted by Crippen LogP contribution is -2.53. The summed E-state index contributed by atoms with van der Waals surface area (Å²) in [5, 5.41) is 21.4. The number of alkyl carbamates (subject to hydrolysis) is 2. The van der Waals surface area contributed by atoms with Crippen LogP contribution in [0.15, 0.2) is 30.5 Å². The Labute approximate surface area is 322 Å². The Morgan fingerprint density at radius 1 is 0.836 bits per heavy atom. The number of fused-ring (bicyclic) bond motifs is 2. The molecule has 4 fully saturated rings. The number of nitrogens with zero attached hydrogens (tertiary/aromatic N) is 5. The van der Waals surface area contributed by atoms with E-state index < -0.39 is 35.5 Å². The van der Waals surface area contributed by atoms with Gasteiger partial charge in [0, 0.05) is 55.8 Å². The molecule has 4 aliphatic rings. The van der Waals surface area contributed by atoms with E-state index >= 15 is 0 Å². The van der Waals surface area contributed by atoms with Gasteiger partial charge >= 0.3 is 12.2 Å². The number of carbonyl (C=O) groups is 4. The van der Waals surface area contributed by atoms with Gasteiger partial charge in [-0.1, -0.05) is 18.1 Å². The number of carbonyl (C=O) groups excluding carboxylic acids is 4. The molecule has 1 aromatic heterocycles. The molecule has 0 aliphatic carbocycles. The Morgan fingerprint density at radius 3 is 2.04 bits per heavy atom. The van der Waals surface area contributed by atoms with Crippen molar-refractivity contribution in [3.8, 4) is 11.3 Å². The first kappa shape index (κ1) is 40.4. The van der Waals surface area contributed by atoms with E-state index in [4.69, 9.17) is 9.47 Å². The third-order valence-corrected chi connectivity index (χ3v) is 10.9. The van der Waals surface area contributed by atoms with Crippen LogP contribution >= 0.6 is 0 Å². The summed E-state index contributed by atoms with van der Waals surface area (Å²) in [5.74, 6) is -0.598. The van der Waals surface area contributed by atoms with Gasteiger partial charge in [-0.25, -0.2) is 14.0 Å². The molecule has 4 saturated heterocycles. The number of likely N-dealkylation sites (tertiary alicyclic amines) is 2. The normalized spacial score (nSPS) is 24.6. The molecule has 16 heteroatoms. The van der Waals surface area contributed by atoms with Gasteiger partial charge in [0.2, 0.25) is 11.8 Å². The lowest BCUT2D eigenvalue weighted by atomic mass is 9.98. The fourth-order valence-corrected chi connectivity index (χ4v) is 8.51. The molecule has 15 nitrogen and oxygen atoms in total. The van der Waals surface area contributed by atoms with Gasteiger partial charge in [0.15, 0.2) is 0 Å². The second-order valence-electron chi connectivity index (χ2n) is 17.3. The van der Waals surface area contributed by atoms with E-state index in [1.807, 2.05) is 16.0 Å². The van der Waals surface area contributed by atoms with Crippen molar-refractivity contribution in [1.82, 2.24) is 46.1 Å². The number of ether oxygens (including phenoxy) is 2. The second-order valence-corrected chi connectivity index (χ2v) is 17.3. The number of hydrogen-bond donors (Lipinski definition) is 4. The minimum absolute atomic E-state index is 0.0346. The van der Waals surface area contributed by atoms with Gasteiger partial charge in [0.25, 0.3) is 0 Å². The van der Waals surface area contributed by atoms with Crippen molar-refractivity contribution in [2.75, 3.05) is 26.2 Å². The van der Waals surface area contributed by atoms with Crippen LogP contribution in [0.25, 0.3) is 11.3 Å². The van der Waals surface area contributed by atoms with Crippen LogP contribution in [0.4, 0.5) is 14.0 Å². The van der Waals surface area contributed by atoms with E-state index in [0.717, 1.165) is 31.4 Å². The fraction of sp³-hybridized carbons (Fsp3) is 0.692. The summed E-state index contributed by atoms with van der Waals surface area (Å²) in [6, 6.07) is 4.81. The summed E-state index contributed by atoms with van der Waals surface area (Å²) >= 11 is 0. The van der Waals surface area contributed by atoms with Crippen LogP contribution < -0.4 is 21.3 Å². The SMILES string of the molecule is CC(C)(C)OC(=O)NC(CCCCC(NC(=O)OC(C)(C)C)C(=O)N1CC[C@H]2NC[C@H](Cn3cc(-c4ccc(F)cc4)nn3)[C@H]21)C(=O)N1CC[C@H]2NCCC21. The molecule has 0 bridgehead atoms. The number of hydrogen-bond acceptors (Lipinski definition) is 10. The Hall–Kier alpha value is -4.31. The highest BCUT2D eigenvalue weighted by atomic mass is 19.1. The Bertz CT molecular complexity index is 1670. The van der Waals surface area contributed by atoms with Gasteiger partial charge in [-0.3, -0.25) is 14.3 Å². The molecule has 0 radical (unpaired) electrons. The van der Waals surface area contributed by atoms with E-state index in [2.05, 4.69) is 31.6 Å². The van der Waals surface area contributed by atoms with Crippen LogP contribution in [0.2, 0.25) is 0 Å². The summed E-state index contributed by atoms with van der Waals surface area (Å²) in [6.07, 6.45) is 4.73. The molecule has 302 valence electrons. The summed E-state index contributed by atoms with van der Waals surface area (Å²) in [5.41, 5.74) is -0.0897. The molecule has 5 heterocycles. The molecule has 4 N–H and O–H groups in total. The topological polar surface area (TPSA) is 172 Å².